The zero-order valence-electron chi connectivity index (χ0n) is 14.1. The molecular weight excluding hydrogens is 302 g/mol. The molecular formula is C19H23N3O2. The number of carbonyl (C=O) groups is 2. The molecule has 2 N–H and O–H groups in total. The number of anilines is 1. The topological polar surface area (TPSA) is 61.4 Å². The quantitative estimate of drug-likeness (QED) is 0.854. The molecule has 0 saturated heterocycles. The van der Waals surface area contributed by atoms with Crippen LogP contribution in [0.15, 0.2) is 54.6 Å². The third-order valence-corrected chi connectivity index (χ3v) is 3.76. The van der Waals surface area contributed by atoms with Crippen LogP contribution in [0.5, 0.6) is 0 Å². The highest BCUT2D eigenvalue weighted by Crippen LogP contribution is 2.16. The number of carbonyl (C=O) groups excluding carboxylic acids is 2. The van der Waals surface area contributed by atoms with Gasteiger partial charge < -0.3 is 15.5 Å². The number of hydrogen-bond donors (Lipinski definition) is 2. The van der Waals surface area contributed by atoms with Gasteiger partial charge in [-0.15, -0.1) is 0 Å². The van der Waals surface area contributed by atoms with Crippen molar-refractivity contribution < 1.29 is 9.59 Å². The number of nitrogens with one attached hydrogen (secondary N) is 2. The van der Waals surface area contributed by atoms with Gasteiger partial charge in [0.25, 0.3) is 5.91 Å². The lowest BCUT2D eigenvalue weighted by Gasteiger charge is -2.20. The normalized spacial score (nSPS) is 10.1. The average molecular weight is 325 g/mol. The van der Waals surface area contributed by atoms with E-state index in [0.29, 0.717) is 30.9 Å². The smallest absolute Gasteiger partial charge is 0.321 e. The number of para-hydroxylation sites is 1. The van der Waals surface area contributed by atoms with E-state index in [0.717, 1.165) is 5.56 Å². The molecule has 0 fully saturated rings. The van der Waals surface area contributed by atoms with Crippen LogP contribution in [0.1, 0.15) is 29.8 Å². The number of rotatable bonds is 6. The first-order valence-corrected chi connectivity index (χ1v) is 8.12. The number of nitrogens with zero attached hydrogens (tertiary/aromatic N) is 1. The van der Waals surface area contributed by atoms with Crippen LogP contribution in [-0.2, 0) is 6.54 Å². The van der Waals surface area contributed by atoms with Crippen molar-refractivity contribution in [1.82, 2.24) is 10.2 Å². The van der Waals surface area contributed by atoms with Gasteiger partial charge in [0.15, 0.2) is 0 Å². The summed E-state index contributed by atoms with van der Waals surface area (Å²) in [6, 6.07) is 16.5. The Bertz CT molecular complexity index is 682. The summed E-state index contributed by atoms with van der Waals surface area (Å²) < 4.78 is 0. The van der Waals surface area contributed by atoms with Gasteiger partial charge >= 0.3 is 6.03 Å². The van der Waals surface area contributed by atoms with Gasteiger partial charge in [0.05, 0.1) is 11.3 Å². The molecule has 2 aromatic carbocycles. The van der Waals surface area contributed by atoms with Crippen LogP contribution in [0, 0.1) is 0 Å². The first-order valence-electron chi connectivity index (χ1n) is 8.12. The fraction of sp³-hybridized carbons (Fsp3) is 0.263. The van der Waals surface area contributed by atoms with E-state index in [1.165, 1.54) is 0 Å². The monoisotopic (exact) mass is 325 g/mol. The van der Waals surface area contributed by atoms with Gasteiger partial charge in [-0.05, 0) is 31.5 Å². The maximum Gasteiger partial charge on any atom is 0.321 e. The lowest BCUT2D eigenvalue weighted by molar-refractivity contribution is 0.0952. The second kappa shape index (κ2) is 8.72. The van der Waals surface area contributed by atoms with Crippen LogP contribution >= 0.6 is 0 Å². The van der Waals surface area contributed by atoms with E-state index in [9.17, 15) is 9.59 Å². The summed E-state index contributed by atoms with van der Waals surface area (Å²) in [7, 11) is 0. The molecule has 0 spiro atoms. The van der Waals surface area contributed by atoms with Crippen molar-refractivity contribution in [3.63, 3.8) is 0 Å². The Morgan fingerprint density at radius 2 is 1.54 bits per heavy atom. The third-order valence-electron chi connectivity index (χ3n) is 3.76. The van der Waals surface area contributed by atoms with Crippen LogP contribution in [0.25, 0.3) is 0 Å². The zero-order valence-corrected chi connectivity index (χ0v) is 14.1. The number of hydrogen-bond acceptors (Lipinski definition) is 2. The molecule has 0 saturated carbocycles. The maximum absolute atomic E-state index is 12.5. The molecule has 5 heteroatoms. The minimum atomic E-state index is -0.214. The van der Waals surface area contributed by atoms with E-state index in [1.807, 2.05) is 44.2 Å². The molecule has 24 heavy (non-hydrogen) atoms. The SMILES string of the molecule is CCN(CC)C(=O)Nc1ccccc1C(=O)NCc1ccccc1. The van der Waals surface area contributed by atoms with Gasteiger partial charge in [-0.1, -0.05) is 42.5 Å². The van der Waals surface area contributed by atoms with Crippen molar-refractivity contribution in [3.05, 3.63) is 65.7 Å². The molecule has 2 aromatic rings. The Morgan fingerprint density at radius 3 is 2.21 bits per heavy atom. The van der Waals surface area contributed by atoms with Crippen molar-refractivity contribution >= 4 is 17.6 Å². The summed E-state index contributed by atoms with van der Waals surface area (Å²) in [6.07, 6.45) is 0. The highest BCUT2D eigenvalue weighted by molar-refractivity contribution is 6.03. The van der Waals surface area contributed by atoms with Crippen LogP contribution in [0.2, 0.25) is 0 Å². The molecule has 0 aliphatic rings. The van der Waals surface area contributed by atoms with Crippen molar-refractivity contribution in [1.29, 1.82) is 0 Å². The van der Waals surface area contributed by atoms with Gasteiger partial charge in [0.2, 0.25) is 0 Å². The summed E-state index contributed by atoms with van der Waals surface area (Å²) in [4.78, 5) is 26.3. The van der Waals surface area contributed by atoms with E-state index in [2.05, 4.69) is 10.6 Å². The predicted octanol–water partition coefficient (Wildman–Crippen LogP) is 3.49. The third kappa shape index (κ3) is 4.59. The zero-order chi connectivity index (χ0) is 17.4. The van der Waals surface area contributed by atoms with Gasteiger partial charge in [0.1, 0.15) is 0 Å². The van der Waals surface area contributed by atoms with Crippen molar-refractivity contribution in [2.75, 3.05) is 18.4 Å². The van der Waals surface area contributed by atoms with E-state index in [-0.39, 0.29) is 11.9 Å². The van der Waals surface area contributed by atoms with E-state index in [1.54, 1.807) is 29.2 Å². The lowest BCUT2D eigenvalue weighted by atomic mass is 10.1. The molecule has 0 bridgehead atoms. The fourth-order valence-corrected chi connectivity index (χ4v) is 2.37. The predicted molar refractivity (Wildman–Crippen MR) is 96.0 cm³/mol. The highest BCUT2D eigenvalue weighted by atomic mass is 16.2. The summed E-state index contributed by atoms with van der Waals surface area (Å²) in [5.41, 5.74) is 1.99. The van der Waals surface area contributed by atoms with Crippen LogP contribution < -0.4 is 10.6 Å². The Hall–Kier alpha value is -2.82. The van der Waals surface area contributed by atoms with Crippen LogP contribution in [-0.4, -0.2) is 29.9 Å². The summed E-state index contributed by atoms with van der Waals surface area (Å²) in [6.45, 7) is 5.51. The van der Waals surface area contributed by atoms with Crippen molar-refractivity contribution in [2.24, 2.45) is 0 Å². The Kier molecular flexibility index (Phi) is 6.37. The lowest BCUT2D eigenvalue weighted by Crippen LogP contribution is -2.35. The van der Waals surface area contributed by atoms with Crippen LogP contribution in [0.4, 0.5) is 10.5 Å². The minimum Gasteiger partial charge on any atom is -0.348 e. The molecule has 0 atom stereocenters. The van der Waals surface area contributed by atoms with Gasteiger partial charge in [0, 0.05) is 19.6 Å². The summed E-state index contributed by atoms with van der Waals surface area (Å²) >= 11 is 0. The molecule has 0 heterocycles. The Labute approximate surface area is 142 Å². The van der Waals surface area contributed by atoms with E-state index in [4.69, 9.17) is 0 Å². The molecule has 0 aromatic heterocycles. The largest absolute Gasteiger partial charge is 0.348 e. The standard InChI is InChI=1S/C19H23N3O2/c1-3-22(4-2)19(24)21-17-13-9-8-12-16(17)18(23)20-14-15-10-6-5-7-11-15/h5-13H,3-4,14H2,1-2H3,(H,20,23)(H,21,24). The van der Waals surface area contributed by atoms with Crippen LogP contribution in [0.3, 0.4) is 0 Å². The summed E-state index contributed by atoms with van der Waals surface area (Å²) in [5.74, 6) is -0.214. The first kappa shape index (κ1) is 17.5. The van der Waals surface area contributed by atoms with Gasteiger partial charge in [-0.3, -0.25) is 4.79 Å². The number of benzene rings is 2. The summed E-state index contributed by atoms with van der Waals surface area (Å²) in [5, 5.41) is 5.70. The molecule has 5 nitrogen and oxygen atoms in total. The first-order chi connectivity index (χ1) is 11.7. The molecule has 0 unspecified atom stereocenters. The molecule has 0 aliphatic heterocycles. The second-order valence-corrected chi connectivity index (χ2v) is 5.32. The Morgan fingerprint density at radius 1 is 0.917 bits per heavy atom. The molecule has 3 amide bonds. The van der Waals surface area contributed by atoms with E-state index >= 15 is 0 Å². The van der Waals surface area contributed by atoms with Gasteiger partial charge in [-0.2, -0.15) is 0 Å². The average Bonchev–Trinajstić information content (AvgIpc) is 2.62. The minimum absolute atomic E-state index is 0.205. The number of urea groups is 1. The van der Waals surface area contributed by atoms with Crippen molar-refractivity contribution in [2.45, 2.75) is 20.4 Å². The highest BCUT2D eigenvalue weighted by Gasteiger charge is 2.15. The fourth-order valence-electron chi connectivity index (χ4n) is 2.37. The molecule has 0 radical (unpaired) electrons. The molecule has 126 valence electrons. The molecule has 0 aliphatic carbocycles. The Balaban J connectivity index is 2.07. The number of amides is 3. The van der Waals surface area contributed by atoms with Crippen molar-refractivity contribution in [3.8, 4) is 0 Å². The molecule has 2 rings (SSSR count). The van der Waals surface area contributed by atoms with Gasteiger partial charge in [-0.25, -0.2) is 4.79 Å². The second-order valence-electron chi connectivity index (χ2n) is 5.32. The van der Waals surface area contributed by atoms with E-state index < -0.39 is 0 Å². The maximum atomic E-state index is 12.5.